The predicted molar refractivity (Wildman–Crippen MR) is 73.5 cm³/mol. The first-order valence-corrected chi connectivity index (χ1v) is 6.90. The summed E-state index contributed by atoms with van der Waals surface area (Å²) in [5, 5.41) is 11.5. The van der Waals surface area contributed by atoms with Crippen LogP contribution >= 0.6 is 0 Å². The fourth-order valence-electron chi connectivity index (χ4n) is 2.30. The Morgan fingerprint density at radius 1 is 1.32 bits per heavy atom. The average Bonchev–Trinajstić information content (AvgIpc) is 2.48. The van der Waals surface area contributed by atoms with Crippen LogP contribution in [0.2, 0.25) is 0 Å². The number of hydrogen-bond donors (Lipinski definition) is 2. The quantitative estimate of drug-likeness (QED) is 0.901. The molecule has 2 amide bonds. The normalized spacial score (nSPS) is 16.5. The lowest BCUT2D eigenvalue weighted by atomic mass is 9.98. The summed E-state index contributed by atoms with van der Waals surface area (Å²) < 4.78 is 40.9. The molecule has 0 saturated carbocycles. The molecule has 1 aliphatic heterocycles. The van der Waals surface area contributed by atoms with E-state index in [1.54, 1.807) is 0 Å². The third kappa shape index (κ3) is 4.52. The zero-order valence-corrected chi connectivity index (χ0v) is 11.8. The van der Waals surface area contributed by atoms with Crippen LogP contribution in [0.15, 0.2) is 24.3 Å². The Kier molecular flexibility index (Phi) is 5.12. The van der Waals surface area contributed by atoms with Crippen LogP contribution in [-0.2, 0) is 0 Å². The maximum Gasteiger partial charge on any atom is 0.573 e. The first-order chi connectivity index (χ1) is 10.4. The molecule has 1 aromatic carbocycles. The maximum absolute atomic E-state index is 12.3. The number of alkyl halides is 3. The van der Waals surface area contributed by atoms with Gasteiger partial charge in [0.15, 0.2) is 5.75 Å². The number of urea groups is 1. The molecule has 1 saturated heterocycles. The summed E-state index contributed by atoms with van der Waals surface area (Å²) in [6, 6.07) is 4.91. The van der Waals surface area contributed by atoms with Crippen LogP contribution in [0.25, 0.3) is 0 Å². The molecule has 1 fully saturated rings. The number of rotatable bonds is 3. The number of hydrogen-bond acceptors (Lipinski definition) is 3. The van der Waals surface area contributed by atoms with Crippen LogP contribution in [0, 0.1) is 5.92 Å². The van der Waals surface area contributed by atoms with E-state index in [1.807, 2.05) is 0 Å². The summed E-state index contributed by atoms with van der Waals surface area (Å²) in [6.07, 6.45) is -3.48. The van der Waals surface area contributed by atoms with Crippen molar-refractivity contribution in [3.8, 4) is 5.75 Å². The van der Waals surface area contributed by atoms with Gasteiger partial charge in [0.1, 0.15) is 0 Å². The van der Waals surface area contributed by atoms with Gasteiger partial charge in [0.2, 0.25) is 0 Å². The summed E-state index contributed by atoms with van der Waals surface area (Å²) in [4.78, 5) is 13.6. The van der Waals surface area contributed by atoms with E-state index in [-0.39, 0.29) is 18.2 Å². The van der Waals surface area contributed by atoms with Crippen LogP contribution in [0.4, 0.5) is 23.7 Å². The zero-order chi connectivity index (χ0) is 16.2. The number of amides is 2. The minimum absolute atomic E-state index is 0.0332. The van der Waals surface area contributed by atoms with Crippen LogP contribution in [-0.4, -0.2) is 42.1 Å². The second kappa shape index (κ2) is 6.87. The van der Waals surface area contributed by atoms with Gasteiger partial charge in [-0.3, -0.25) is 0 Å². The van der Waals surface area contributed by atoms with Crippen LogP contribution in [0.5, 0.6) is 5.75 Å². The molecule has 0 bridgehead atoms. The molecule has 0 atom stereocenters. The maximum atomic E-state index is 12.3. The van der Waals surface area contributed by atoms with Crippen molar-refractivity contribution >= 4 is 11.7 Å². The second-order valence-corrected chi connectivity index (χ2v) is 5.09. The molecule has 8 heteroatoms. The summed E-state index contributed by atoms with van der Waals surface area (Å²) in [7, 11) is 0. The van der Waals surface area contributed by atoms with Gasteiger partial charge in [0.25, 0.3) is 0 Å². The standard InChI is InChI=1S/C14H17F3N2O3/c15-14(16,17)22-12-4-2-1-3-11(12)18-13(21)19-7-5-10(9-20)6-8-19/h1-4,10,20H,5-9H2,(H,18,21). The van der Waals surface area contributed by atoms with Crippen molar-refractivity contribution < 1.29 is 27.8 Å². The number of benzene rings is 1. The number of carbonyl (C=O) groups excluding carboxylic acids is 1. The van der Waals surface area contributed by atoms with Gasteiger partial charge >= 0.3 is 12.4 Å². The van der Waals surface area contributed by atoms with Gasteiger partial charge in [-0.2, -0.15) is 0 Å². The van der Waals surface area contributed by atoms with Crippen LogP contribution in [0.3, 0.4) is 0 Å². The fourth-order valence-corrected chi connectivity index (χ4v) is 2.30. The highest BCUT2D eigenvalue weighted by atomic mass is 19.4. The van der Waals surface area contributed by atoms with Crippen molar-refractivity contribution in [3.63, 3.8) is 0 Å². The summed E-state index contributed by atoms with van der Waals surface area (Å²) in [5.74, 6) is -0.279. The van der Waals surface area contributed by atoms with Gasteiger partial charge in [-0.25, -0.2) is 4.79 Å². The average molecular weight is 318 g/mol. The van der Waals surface area contributed by atoms with E-state index in [9.17, 15) is 18.0 Å². The van der Waals surface area contributed by atoms with E-state index >= 15 is 0 Å². The SMILES string of the molecule is O=C(Nc1ccccc1OC(F)(F)F)N1CCC(CO)CC1. The van der Waals surface area contributed by atoms with Crippen LogP contribution in [0.1, 0.15) is 12.8 Å². The van der Waals surface area contributed by atoms with E-state index in [0.29, 0.717) is 25.9 Å². The van der Waals surface area contributed by atoms with E-state index in [4.69, 9.17) is 5.11 Å². The number of carbonyl (C=O) groups is 1. The number of nitrogens with zero attached hydrogens (tertiary/aromatic N) is 1. The topological polar surface area (TPSA) is 61.8 Å². The summed E-state index contributed by atoms with van der Waals surface area (Å²) in [6.45, 7) is 0.996. The van der Waals surface area contributed by atoms with Crippen molar-refractivity contribution in [2.75, 3.05) is 25.0 Å². The molecule has 122 valence electrons. The molecule has 0 radical (unpaired) electrons. The summed E-state index contributed by atoms with van der Waals surface area (Å²) >= 11 is 0. The highest BCUT2D eigenvalue weighted by molar-refractivity contribution is 5.91. The highest BCUT2D eigenvalue weighted by Crippen LogP contribution is 2.30. The summed E-state index contributed by atoms with van der Waals surface area (Å²) in [5.41, 5.74) is -0.0332. The molecule has 1 aromatic rings. The van der Waals surface area contributed by atoms with E-state index in [0.717, 1.165) is 6.07 Å². The highest BCUT2D eigenvalue weighted by Gasteiger charge is 2.32. The lowest BCUT2D eigenvalue weighted by Gasteiger charge is -2.31. The molecule has 0 aromatic heterocycles. The molecule has 2 N–H and O–H groups in total. The molecule has 1 heterocycles. The monoisotopic (exact) mass is 318 g/mol. The molecule has 0 spiro atoms. The Morgan fingerprint density at radius 2 is 1.95 bits per heavy atom. The minimum atomic E-state index is -4.82. The first-order valence-electron chi connectivity index (χ1n) is 6.90. The fraction of sp³-hybridized carbons (Fsp3) is 0.500. The van der Waals surface area contributed by atoms with Gasteiger partial charge < -0.3 is 20.1 Å². The molecule has 1 aliphatic rings. The second-order valence-electron chi connectivity index (χ2n) is 5.09. The number of nitrogens with one attached hydrogen (secondary N) is 1. The van der Waals surface area contributed by atoms with Crippen molar-refractivity contribution in [1.29, 1.82) is 0 Å². The van der Waals surface area contributed by atoms with Gasteiger partial charge in [-0.15, -0.1) is 13.2 Å². The third-order valence-corrected chi connectivity index (χ3v) is 3.51. The number of aliphatic hydroxyl groups excluding tert-OH is 1. The van der Waals surface area contributed by atoms with Gasteiger partial charge in [0, 0.05) is 19.7 Å². The molecular weight excluding hydrogens is 301 g/mol. The number of halogens is 3. The minimum Gasteiger partial charge on any atom is -0.404 e. The third-order valence-electron chi connectivity index (χ3n) is 3.51. The lowest BCUT2D eigenvalue weighted by Crippen LogP contribution is -2.41. The van der Waals surface area contributed by atoms with Gasteiger partial charge in [-0.05, 0) is 30.9 Å². The molecule has 22 heavy (non-hydrogen) atoms. The van der Waals surface area contributed by atoms with Crippen molar-refractivity contribution in [1.82, 2.24) is 4.90 Å². The number of anilines is 1. The number of piperidine rings is 1. The van der Waals surface area contributed by atoms with E-state index in [2.05, 4.69) is 10.1 Å². The molecule has 0 unspecified atom stereocenters. The Balaban J connectivity index is 2.00. The number of aliphatic hydroxyl groups is 1. The number of ether oxygens (including phenoxy) is 1. The van der Waals surface area contributed by atoms with Gasteiger partial charge in [-0.1, -0.05) is 12.1 Å². The largest absolute Gasteiger partial charge is 0.573 e. The van der Waals surface area contributed by atoms with Crippen molar-refractivity contribution in [2.45, 2.75) is 19.2 Å². The Labute approximate surface area is 125 Å². The van der Waals surface area contributed by atoms with E-state index in [1.165, 1.54) is 23.1 Å². The predicted octanol–water partition coefficient (Wildman–Crippen LogP) is 2.82. The molecular formula is C14H17F3N2O3. The van der Waals surface area contributed by atoms with E-state index < -0.39 is 18.1 Å². The lowest BCUT2D eigenvalue weighted by molar-refractivity contribution is -0.274. The van der Waals surface area contributed by atoms with Crippen molar-refractivity contribution in [3.05, 3.63) is 24.3 Å². The van der Waals surface area contributed by atoms with Gasteiger partial charge in [0.05, 0.1) is 5.69 Å². The first kappa shape index (κ1) is 16.4. The number of para-hydroxylation sites is 2. The molecule has 2 rings (SSSR count). The Morgan fingerprint density at radius 3 is 2.55 bits per heavy atom. The Bertz CT molecular complexity index is 514. The smallest absolute Gasteiger partial charge is 0.404 e. The number of likely N-dealkylation sites (tertiary alicyclic amines) is 1. The Hall–Kier alpha value is -1.96. The molecule has 5 nitrogen and oxygen atoms in total. The zero-order valence-electron chi connectivity index (χ0n) is 11.8. The van der Waals surface area contributed by atoms with Crippen molar-refractivity contribution in [2.24, 2.45) is 5.92 Å². The molecule has 0 aliphatic carbocycles. The van der Waals surface area contributed by atoms with Crippen LogP contribution < -0.4 is 10.1 Å².